The average molecular weight is 211 g/mol. The molecule has 0 aliphatic rings. The minimum Gasteiger partial charge on any atom is -0.391 e. The zero-order chi connectivity index (χ0) is 11.3. The number of aliphatic hydroxyl groups excluding tert-OH is 1. The lowest BCUT2D eigenvalue weighted by atomic mass is 10.3. The molecule has 0 fully saturated rings. The van der Waals surface area contributed by atoms with Gasteiger partial charge in [-0.3, -0.25) is 0 Å². The van der Waals surface area contributed by atoms with Gasteiger partial charge in [-0.05, 0) is 13.3 Å². The van der Waals surface area contributed by atoms with E-state index < -0.39 is 0 Å². The van der Waals surface area contributed by atoms with Gasteiger partial charge in [0.2, 0.25) is 0 Å². The Morgan fingerprint density at radius 1 is 1.47 bits per heavy atom. The van der Waals surface area contributed by atoms with Crippen LogP contribution in [0.5, 0.6) is 0 Å². The van der Waals surface area contributed by atoms with E-state index >= 15 is 0 Å². The van der Waals surface area contributed by atoms with Crippen molar-refractivity contribution in [3.8, 4) is 0 Å². The lowest BCUT2D eigenvalue weighted by Gasteiger charge is -2.11. The van der Waals surface area contributed by atoms with E-state index in [9.17, 15) is 5.11 Å². The van der Waals surface area contributed by atoms with Crippen molar-refractivity contribution in [1.29, 1.82) is 0 Å². The van der Waals surface area contributed by atoms with Crippen molar-refractivity contribution in [2.75, 3.05) is 17.3 Å². The molecule has 1 unspecified atom stereocenters. The topological polar surface area (TPSA) is 96.1 Å². The van der Waals surface area contributed by atoms with Crippen molar-refractivity contribution in [3.05, 3.63) is 11.9 Å². The van der Waals surface area contributed by atoms with Crippen LogP contribution >= 0.6 is 0 Å². The number of nitrogens with two attached hydrogens (primary N) is 1. The molecule has 1 heterocycles. The second-order valence-electron chi connectivity index (χ2n) is 3.27. The summed E-state index contributed by atoms with van der Waals surface area (Å²) in [4.78, 5) is 8.21. The molecular formula is C9H17N5O. The number of anilines is 2. The van der Waals surface area contributed by atoms with Gasteiger partial charge in [0.15, 0.2) is 0 Å². The normalized spacial score (nSPS) is 12.3. The van der Waals surface area contributed by atoms with Crippen molar-refractivity contribution >= 4 is 11.6 Å². The molecule has 1 atom stereocenters. The molecule has 5 N–H and O–H groups in total. The Bertz CT molecular complexity index is 317. The maximum absolute atomic E-state index is 9.37. The number of nitrogen functional groups attached to an aromatic ring is 1. The van der Waals surface area contributed by atoms with Crippen molar-refractivity contribution < 1.29 is 5.11 Å². The minimum absolute atomic E-state index is 0.366. The van der Waals surface area contributed by atoms with Crippen LogP contribution in [-0.4, -0.2) is 27.7 Å². The zero-order valence-electron chi connectivity index (χ0n) is 8.99. The Morgan fingerprint density at radius 3 is 2.73 bits per heavy atom. The molecule has 6 heteroatoms. The number of hydrazine groups is 1. The van der Waals surface area contributed by atoms with Crippen LogP contribution in [0.25, 0.3) is 0 Å². The molecule has 0 saturated carbocycles. The van der Waals surface area contributed by atoms with Crippen LogP contribution in [0.1, 0.15) is 19.2 Å². The highest BCUT2D eigenvalue weighted by Crippen LogP contribution is 2.09. The molecule has 0 aliphatic heterocycles. The maximum Gasteiger partial charge on any atom is 0.145 e. The van der Waals surface area contributed by atoms with Crippen molar-refractivity contribution in [3.63, 3.8) is 0 Å². The van der Waals surface area contributed by atoms with E-state index in [4.69, 9.17) is 5.84 Å². The standard InChI is InChI=1S/C9H17N5O/c1-3-7(15)5-11-8-4-9(14-10)13-6(2)12-8/h4,7,15H,3,5,10H2,1-2H3,(H2,11,12,13,14). The number of rotatable bonds is 5. The van der Waals surface area contributed by atoms with Crippen molar-refractivity contribution in [1.82, 2.24) is 9.97 Å². The van der Waals surface area contributed by atoms with Gasteiger partial charge in [-0.1, -0.05) is 6.92 Å². The highest BCUT2D eigenvalue weighted by Gasteiger charge is 2.03. The summed E-state index contributed by atoms with van der Waals surface area (Å²) in [7, 11) is 0. The fourth-order valence-corrected chi connectivity index (χ4v) is 1.10. The molecule has 6 nitrogen and oxygen atoms in total. The summed E-state index contributed by atoms with van der Waals surface area (Å²) in [6.07, 6.45) is 0.341. The Kier molecular flexibility index (Phi) is 4.26. The number of hydrogen-bond acceptors (Lipinski definition) is 6. The molecule has 0 aliphatic carbocycles. The van der Waals surface area contributed by atoms with E-state index in [0.29, 0.717) is 30.4 Å². The quantitative estimate of drug-likeness (QED) is 0.412. The molecule has 1 aromatic rings. The second-order valence-corrected chi connectivity index (χ2v) is 3.27. The summed E-state index contributed by atoms with van der Waals surface area (Å²) in [5.41, 5.74) is 2.46. The van der Waals surface area contributed by atoms with Gasteiger partial charge in [-0.25, -0.2) is 15.8 Å². The summed E-state index contributed by atoms with van der Waals surface area (Å²) >= 11 is 0. The number of aryl methyl sites for hydroxylation is 1. The Hall–Kier alpha value is -1.40. The number of aromatic nitrogens is 2. The van der Waals surface area contributed by atoms with Crippen LogP contribution < -0.4 is 16.6 Å². The Balaban J connectivity index is 2.64. The lowest BCUT2D eigenvalue weighted by molar-refractivity contribution is 0.183. The molecule has 0 bridgehead atoms. The van der Waals surface area contributed by atoms with Gasteiger partial charge >= 0.3 is 0 Å². The molecule has 0 spiro atoms. The van der Waals surface area contributed by atoms with Crippen LogP contribution in [-0.2, 0) is 0 Å². The van der Waals surface area contributed by atoms with Crippen molar-refractivity contribution in [2.24, 2.45) is 5.84 Å². The first-order chi connectivity index (χ1) is 7.15. The summed E-state index contributed by atoms with van der Waals surface area (Å²) in [5.74, 6) is 7.08. The molecule has 1 aromatic heterocycles. The van der Waals surface area contributed by atoms with Crippen LogP contribution in [0, 0.1) is 6.92 Å². The summed E-state index contributed by atoms with van der Waals surface area (Å²) in [6.45, 7) is 4.17. The third-order valence-electron chi connectivity index (χ3n) is 1.98. The minimum atomic E-state index is -0.366. The van der Waals surface area contributed by atoms with Crippen molar-refractivity contribution in [2.45, 2.75) is 26.4 Å². The van der Waals surface area contributed by atoms with Gasteiger partial charge in [0.25, 0.3) is 0 Å². The van der Waals surface area contributed by atoms with E-state index in [-0.39, 0.29) is 6.10 Å². The summed E-state index contributed by atoms with van der Waals surface area (Å²) in [5, 5.41) is 12.4. The Labute approximate surface area is 88.9 Å². The molecular weight excluding hydrogens is 194 g/mol. The fourth-order valence-electron chi connectivity index (χ4n) is 1.10. The summed E-state index contributed by atoms with van der Waals surface area (Å²) in [6, 6.07) is 1.69. The molecule has 15 heavy (non-hydrogen) atoms. The fraction of sp³-hybridized carbons (Fsp3) is 0.556. The first kappa shape index (κ1) is 11.7. The van der Waals surface area contributed by atoms with Gasteiger partial charge in [0.1, 0.15) is 17.5 Å². The summed E-state index contributed by atoms with van der Waals surface area (Å²) < 4.78 is 0. The van der Waals surface area contributed by atoms with Crippen LogP contribution in [0.15, 0.2) is 6.07 Å². The highest BCUT2D eigenvalue weighted by molar-refractivity contribution is 5.46. The molecule has 0 radical (unpaired) electrons. The van der Waals surface area contributed by atoms with Gasteiger partial charge in [-0.15, -0.1) is 0 Å². The first-order valence-electron chi connectivity index (χ1n) is 4.90. The number of hydrogen-bond donors (Lipinski definition) is 4. The lowest BCUT2D eigenvalue weighted by Crippen LogP contribution is -2.19. The van der Waals surface area contributed by atoms with E-state index in [0.717, 1.165) is 0 Å². The van der Waals surface area contributed by atoms with Gasteiger partial charge < -0.3 is 15.8 Å². The predicted molar refractivity (Wildman–Crippen MR) is 59.4 cm³/mol. The van der Waals surface area contributed by atoms with E-state index in [1.54, 1.807) is 13.0 Å². The maximum atomic E-state index is 9.37. The molecule has 84 valence electrons. The van der Waals surface area contributed by atoms with E-state index in [1.165, 1.54) is 0 Å². The Morgan fingerprint density at radius 2 is 2.13 bits per heavy atom. The van der Waals surface area contributed by atoms with E-state index in [1.807, 2.05) is 6.92 Å². The number of aliphatic hydroxyl groups is 1. The van der Waals surface area contributed by atoms with Crippen LogP contribution in [0.3, 0.4) is 0 Å². The first-order valence-corrected chi connectivity index (χ1v) is 4.90. The van der Waals surface area contributed by atoms with Crippen LogP contribution in [0.2, 0.25) is 0 Å². The number of nitrogens with zero attached hydrogens (tertiary/aromatic N) is 2. The zero-order valence-corrected chi connectivity index (χ0v) is 8.99. The molecule has 0 saturated heterocycles. The highest BCUT2D eigenvalue weighted by atomic mass is 16.3. The van der Waals surface area contributed by atoms with E-state index in [2.05, 4.69) is 20.7 Å². The smallest absolute Gasteiger partial charge is 0.145 e. The van der Waals surface area contributed by atoms with Gasteiger partial charge in [-0.2, -0.15) is 0 Å². The van der Waals surface area contributed by atoms with Gasteiger partial charge in [0, 0.05) is 12.6 Å². The molecule has 0 aromatic carbocycles. The monoisotopic (exact) mass is 211 g/mol. The SMILES string of the molecule is CCC(O)CNc1cc(NN)nc(C)n1. The molecule has 0 amide bonds. The van der Waals surface area contributed by atoms with Gasteiger partial charge in [0.05, 0.1) is 6.10 Å². The second kappa shape index (κ2) is 5.47. The third kappa shape index (κ3) is 3.69. The largest absolute Gasteiger partial charge is 0.391 e. The molecule has 1 rings (SSSR count). The van der Waals surface area contributed by atoms with Crippen LogP contribution in [0.4, 0.5) is 11.6 Å². The number of nitrogens with one attached hydrogen (secondary N) is 2. The average Bonchev–Trinajstić information content (AvgIpc) is 2.25. The predicted octanol–water partition coefficient (Wildman–Crippen LogP) is 0.253. The third-order valence-corrected chi connectivity index (χ3v) is 1.98.